The van der Waals surface area contributed by atoms with Gasteiger partial charge in [-0.2, -0.15) is 4.31 Å². The van der Waals surface area contributed by atoms with Gasteiger partial charge in [-0.15, -0.1) is 0 Å². The highest BCUT2D eigenvalue weighted by Crippen LogP contribution is 2.31. The first kappa shape index (κ1) is 17.6. The van der Waals surface area contributed by atoms with Crippen molar-refractivity contribution >= 4 is 15.9 Å². The molecule has 0 saturated heterocycles. The Balaban J connectivity index is 2.22. The van der Waals surface area contributed by atoms with Crippen LogP contribution in [0.2, 0.25) is 0 Å². The minimum absolute atomic E-state index is 0.113. The van der Waals surface area contributed by atoms with Crippen LogP contribution in [-0.2, 0) is 16.6 Å². The first-order valence-corrected chi connectivity index (χ1v) is 9.74. The Morgan fingerprint density at radius 3 is 2.72 bits per heavy atom. The van der Waals surface area contributed by atoms with Crippen molar-refractivity contribution in [1.82, 2.24) is 19.2 Å². The number of hydrogen-bond acceptors (Lipinski definition) is 4. The summed E-state index contributed by atoms with van der Waals surface area (Å²) < 4.78 is 29.4. The van der Waals surface area contributed by atoms with E-state index in [0.717, 1.165) is 0 Å². The number of para-hydroxylation sites is 1. The number of amides is 1. The zero-order valence-electron chi connectivity index (χ0n) is 14.6. The summed E-state index contributed by atoms with van der Waals surface area (Å²) in [7, 11) is -3.65. The van der Waals surface area contributed by atoms with Crippen LogP contribution in [-0.4, -0.2) is 41.3 Å². The molecule has 0 spiro atoms. The fourth-order valence-electron chi connectivity index (χ4n) is 3.00. The number of hydrogen-bond donors (Lipinski definition) is 1. The molecule has 134 valence electrons. The number of carbonyl (C=O) groups excluding carboxylic acids is 1. The number of nitrogens with one attached hydrogen (secondary N) is 1. The smallest absolute Gasteiger partial charge is 0.271 e. The molecule has 3 rings (SSSR count). The highest BCUT2D eigenvalue weighted by Gasteiger charge is 2.34. The highest BCUT2D eigenvalue weighted by atomic mass is 32.2. The number of rotatable bonds is 4. The van der Waals surface area contributed by atoms with Crippen LogP contribution in [0.5, 0.6) is 0 Å². The van der Waals surface area contributed by atoms with Crippen LogP contribution >= 0.6 is 0 Å². The summed E-state index contributed by atoms with van der Waals surface area (Å²) in [6.45, 7) is 6.73. The van der Waals surface area contributed by atoms with E-state index in [1.807, 2.05) is 20.8 Å². The topological polar surface area (TPSA) is 84.3 Å². The number of aromatic nitrogens is 2. The Hall–Kier alpha value is -2.19. The van der Waals surface area contributed by atoms with E-state index in [2.05, 4.69) is 10.3 Å². The van der Waals surface area contributed by atoms with Crippen molar-refractivity contribution in [3.05, 3.63) is 42.0 Å². The van der Waals surface area contributed by atoms with Crippen molar-refractivity contribution in [2.75, 3.05) is 13.1 Å². The number of fused-ring (bicyclic) bond motifs is 3. The molecule has 25 heavy (non-hydrogen) atoms. The molecule has 1 aromatic carbocycles. The fourth-order valence-corrected chi connectivity index (χ4v) is 4.75. The molecule has 0 atom stereocenters. The van der Waals surface area contributed by atoms with E-state index in [1.165, 1.54) is 10.6 Å². The molecule has 0 saturated carbocycles. The second kappa shape index (κ2) is 6.61. The first-order chi connectivity index (χ1) is 11.9. The van der Waals surface area contributed by atoms with Crippen LogP contribution in [0, 0.1) is 5.92 Å². The van der Waals surface area contributed by atoms with E-state index < -0.39 is 10.0 Å². The predicted octanol–water partition coefficient (Wildman–Crippen LogP) is 1.78. The standard InChI is InChI=1S/C17H22N4O3S/c1-4-18-17(22)16-14-10-20(9-12(2)3)25(23,24)15-8-6-5-7-13(15)21(14)11-19-16/h5-8,11-12H,4,9-10H2,1-3H3,(H,18,22). The molecule has 2 aromatic rings. The van der Waals surface area contributed by atoms with E-state index in [9.17, 15) is 13.2 Å². The van der Waals surface area contributed by atoms with Crippen LogP contribution in [0.4, 0.5) is 0 Å². The normalized spacial score (nSPS) is 16.2. The lowest BCUT2D eigenvalue weighted by Crippen LogP contribution is -2.34. The van der Waals surface area contributed by atoms with Gasteiger partial charge in [0.2, 0.25) is 10.0 Å². The third kappa shape index (κ3) is 3.07. The van der Waals surface area contributed by atoms with Gasteiger partial charge in [0.25, 0.3) is 5.91 Å². The Labute approximate surface area is 147 Å². The SMILES string of the molecule is CCNC(=O)c1ncn2c1CN(CC(C)C)S(=O)(=O)c1ccccc1-2. The first-order valence-electron chi connectivity index (χ1n) is 8.30. The molecular formula is C17H22N4O3S. The van der Waals surface area contributed by atoms with Gasteiger partial charge in [-0.3, -0.25) is 9.36 Å². The number of sulfonamides is 1. The van der Waals surface area contributed by atoms with Crippen molar-refractivity contribution in [2.45, 2.75) is 32.2 Å². The van der Waals surface area contributed by atoms with E-state index in [1.54, 1.807) is 28.8 Å². The van der Waals surface area contributed by atoms with Gasteiger partial charge in [0.1, 0.15) is 11.2 Å². The summed E-state index contributed by atoms with van der Waals surface area (Å²) in [5.74, 6) is -0.137. The number of imidazole rings is 1. The minimum atomic E-state index is -3.65. The molecule has 0 radical (unpaired) electrons. The Bertz CT molecular complexity index is 902. The molecule has 1 aliphatic heterocycles. The van der Waals surface area contributed by atoms with Crippen LogP contribution in [0.15, 0.2) is 35.5 Å². The Kier molecular flexibility index (Phi) is 4.66. The number of benzene rings is 1. The van der Waals surface area contributed by atoms with E-state index in [-0.39, 0.29) is 29.0 Å². The average Bonchev–Trinajstić information content (AvgIpc) is 2.94. The summed E-state index contributed by atoms with van der Waals surface area (Å²) in [6, 6.07) is 6.82. The molecule has 0 fully saturated rings. The molecule has 1 amide bonds. The van der Waals surface area contributed by atoms with Gasteiger partial charge in [0.15, 0.2) is 5.69 Å². The number of carbonyl (C=O) groups is 1. The van der Waals surface area contributed by atoms with Gasteiger partial charge in [-0.05, 0) is 25.0 Å². The zero-order valence-corrected chi connectivity index (χ0v) is 15.4. The van der Waals surface area contributed by atoms with Gasteiger partial charge < -0.3 is 5.32 Å². The van der Waals surface area contributed by atoms with Gasteiger partial charge in [-0.1, -0.05) is 26.0 Å². The van der Waals surface area contributed by atoms with Crippen molar-refractivity contribution in [1.29, 1.82) is 0 Å². The van der Waals surface area contributed by atoms with Gasteiger partial charge in [-0.25, -0.2) is 13.4 Å². The molecular weight excluding hydrogens is 340 g/mol. The molecule has 7 nitrogen and oxygen atoms in total. The lowest BCUT2D eigenvalue weighted by Gasteiger charge is -2.22. The average molecular weight is 362 g/mol. The predicted molar refractivity (Wildman–Crippen MR) is 94.0 cm³/mol. The largest absolute Gasteiger partial charge is 0.351 e. The Morgan fingerprint density at radius 2 is 2.04 bits per heavy atom. The lowest BCUT2D eigenvalue weighted by molar-refractivity contribution is 0.0949. The van der Waals surface area contributed by atoms with E-state index >= 15 is 0 Å². The summed E-state index contributed by atoms with van der Waals surface area (Å²) in [5.41, 5.74) is 1.37. The molecule has 0 bridgehead atoms. The fraction of sp³-hybridized carbons (Fsp3) is 0.412. The van der Waals surface area contributed by atoms with Crippen molar-refractivity contribution in [3.8, 4) is 5.69 Å². The molecule has 1 aliphatic rings. The molecule has 1 aromatic heterocycles. The summed E-state index contributed by atoms with van der Waals surface area (Å²) in [6.07, 6.45) is 1.52. The minimum Gasteiger partial charge on any atom is -0.351 e. The zero-order chi connectivity index (χ0) is 18.2. The molecule has 2 heterocycles. The van der Waals surface area contributed by atoms with Crippen LogP contribution in [0.3, 0.4) is 0 Å². The summed E-state index contributed by atoms with van der Waals surface area (Å²) in [5, 5.41) is 2.74. The number of nitrogens with zero attached hydrogens (tertiary/aromatic N) is 3. The van der Waals surface area contributed by atoms with Gasteiger partial charge in [0, 0.05) is 13.1 Å². The second-order valence-corrected chi connectivity index (χ2v) is 8.33. The third-order valence-corrected chi connectivity index (χ3v) is 5.92. The van der Waals surface area contributed by atoms with Crippen LogP contribution in [0.1, 0.15) is 37.0 Å². The molecule has 1 N–H and O–H groups in total. The monoisotopic (exact) mass is 362 g/mol. The quantitative estimate of drug-likeness (QED) is 0.899. The maximum Gasteiger partial charge on any atom is 0.271 e. The maximum absolute atomic E-state index is 13.1. The molecule has 0 unspecified atom stereocenters. The van der Waals surface area contributed by atoms with Crippen molar-refractivity contribution in [2.24, 2.45) is 5.92 Å². The van der Waals surface area contributed by atoms with Crippen molar-refractivity contribution in [3.63, 3.8) is 0 Å². The molecule has 0 aliphatic carbocycles. The highest BCUT2D eigenvalue weighted by molar-refractivity contribution is 7.89. The van der Waals surface area contributed by atoms with Gasteiger partial charge >= 0.3 is 0 Å². The van der Waals surface area contributed by atoms with Gasteiger partial charge in [0.05, 0.1) is 17.9 Å². The second-order valence-electron chi connectivity index (χ2n) is 6.43. The lowest BCUT2D eigenvalue weighted by atomic mass is 10.2. The van der Waals surface area contributed by atoms with E-state index in [4.69, 9.17) is 0 Å². The Morgan fingerprint density at radius 1 is 1.32 bits per heavy atom. The van der Waals surface area contributed by atoms with Crippen LogP contribution in [0.25, 0.3) is 5.69 Å². The maximum atomic E-state index is 13.1. The molecule has 8 heteroatoms. The summed E-state index contributed by atoms with van der Waals surface area (Å²) in [4.78, 5) is 16.8. The summed E-state index contributed by atoms with van der Waals surface area (Å²) >= 11 is 0. The van der Waals surface area contributed by atoms with Crippen LogP contribution < -0.4 is 5.32 Å². The van der Waals surface area contributed by atoms with E-state index in [0.29, 0.717) is 24.5 Å². The third-order valence-electron chi connectivity index (χ3n) is 4.06. The van der Waals surface area contributed by atoms with Crippen molar-refractivity contribution < 1.29 is 13.2 Å².